The van der Waals surface area contributed by atoms with Crippen LogP contribution >= 0.6 is 0 Å². The summed E-state index contributed by atoms with van der Waals surface area (Å²) >= 11 is 0. The molecule has 52 heavy (non-hydrogen) atoms. The maximum Gasteiger partial charge on any atom is 0.166 e. The van der Waals surface area contributed by atoms with Crippen LogP contribution in [0.5, 0.6) is 0 Å². The van der Waals surface area contributed by atoms with Gasteiger partial charge in [-0.15, -0.1) is 0 Å². The highest BCUT2D eigenvalue weighted by Gasteiger charge is 2.22. The Labute approximate surface area is 303 Å². The highest BCUT2D eigenvalue weighted by atomic mass is 15.2. The third-order valence-corrected chi connectivity index (χ3v) is 9.54. The van der Waals surface area contributed by atoms with E-state index < -0.39 is 0 Å². The van der Waals surface area contributed by atoms with E-state index in [9.17, 15) is 0 Å². The summed E-state index contributed by atoms with van der Waals surface area (Å²) in [6, 6.07) is 61.2. The topological polar surface area (TPSA) is 46.8 Å². The lowest BCUT2D eigenvalue weighted by atomic mass is 10.1. The van der Waals surface area contributed by atoms with E-state index in [0.717, 1.165) is 50.5 Å². The lowest BCUT2D eigenvalue weighted by Gasteiger charge is -2.27. The summed E-state index contributed by atoms with van der Waals surface area (Å²) in [6.07, 6.45) is 0. The molecular weight excluding hydrogens is 635 g/mol. The third kappa shape index (κ3) is 5.59. The zero-order valence-corrected chi connectivity index (χ0v) is 29.0. The van der Waals surface area contributed by atoms with Crippen molar-refractivity contribution in [2.45, 2.75) is 13.8 Å². The Kier molecular flexibility index (Phi) is 7.86. The van der Waals surface area contributed by atoms with Crippen molar-refractivity contribution in [2.24, 2.45) is 0 Å². The van der Waals surface area contributed by atoms with Crippen LogP contribution < -0.4 is 4.90 Å². The first-order chi connectivity index (χ1) is 25.6. The third-order valence-electron chi connectivity index (χ3n) is 9.54. The number of hydrogen-bond donors (Lipinski definition) is 0. The van der Waals surface area contributed by atoms with E-state index in [1.807, 2.05) is 30.3 Å². The van der Waals surface area contributed by atoms with Crippen molar-refractivity contribution >= 4 is 38.9 Å². The number of benzene rings is 7. The van der Waals surface area contributed by atoms with E-state index >= 15 is 0 Å². The minimum atomic E-state index is 0.597. The second-order valence-electron chi connectivity index (χ2n) is 13.1. The maximum atomic E-state index is 5.33. The molecule has 0 spiro atoms. The van der Waals surface area contributed by atoms with Crippen LogP contribution in [0, 0.1) is 13.8 Å². The van der Waals surface area contributed by atoms with Gasteiger partial charge in [-0.3, -0.25) is 0 Å². The van der Waals surface area contributed by atoms with E-state index in [1.165, 1.54) is 21.9 Å². The van der Waals surface area contributed by atoms with Crippen molar-refractivity contribution in [3.8, 4) is 39.9 Å². The molecule has 0 bridgehead atoms. The van der Waals surface area contributed by atoms with Gasteiger partial charge in [0.1, 0.15) is 0 Å². The lowest BCUT2D eigenvalue weighted by molar-refractivity contribution is 1.06. The summed E-state index contributed by atoms with van der Waals surface area (Å²) in [6.45, 7) is 4.30. The monoisotopic (exact) mass is 669 g/mol. The highest BCUT2D eigenvalue weighted by Crippen LogP contribution is 2.41. The summed E-state index contributed by atoms with van der Waals surface area (Å²) in [5.41, 5.74) is 11.6. The Morgan fingerprint density at radius 2 is 0.885 bits per heavy atom. The minimum absolute atomic E-state index is 0.597. The summed E-state index contributed by atoms with van der Waals surface area (Å²) < 4.78 is 2.35. The van der Waals surface area contributed by atoms with E-state index in [2.05, 4.69) is 169 Å². The largest absolute Gasteiger partial charge is 0.310 e. The van der Waals surface area contributed by atoms with Crippen LogP contribution in [-0.2, 0) is 0 Å². The Hall–Kier alpha value is -6.85. The minimum Gasteiger partial charge on any atom is -0.310 e. The van der Waals surface area contributed by atoms with Crippen LogP contribution in [0.3, 0.4) is 0 Å². The fraction of sp³-hybridized carbons (Fsp3) is 0.0426. The fourth-order valence-electron chi connectivity index (χ4n) is 7.14. The van der Waals surface area contributed by atoms with Gasteiger partial charge in [-0.05, 0) is 86.6 Å². The van der Waals surface area contributed by atoms with Crippen molar-refractivity contribution in [3.63, 3.8) is 0 Å². The lowest BCUT2D eigenvalue weighted by Crippen LogP contribution is -2.12. The summed E-state index contributed by atoms with van der Waals surface area (Å²) in [7, 11) is 0. The summed E-state index contributed by atoms with van der Waals surface area (Å²) in [5.74, 6) is 1.82. The van der Waals surface area contributed by atoms with Crippen LogP contribution in [0.2, 0.25) is 0 Å². The zero-order chi connectivity index (χ0) is 35.0. The first-order valence-corrected chi connectivity index (χ1v) is 17.5. The molecule has 0 saturated carbocycles. The molecule has 0 amide bonds. The number of hydrogen-bond acceptors (Lipinski definition) is 4. The molecule has 0 atom stereocenters. The predicted octanol–water partition coefficient (Wildman–Crippen LogP) is 12.1. The second kappa shape index (κ2) is 13.1. The molecule has 0 aliphatic heterocycles. The van der Waals surface area contributed by atoms with Crippen LogP contribution in [0.15, 0.2) is 176 Å². The predicted molar refractivity (Wildman–Crippen MR) is 215 cm³/mol. The van der Waals surface area contributed by atoms with Crippen molar-refractivity contribution in [2.75, 3.05) is 4.90 Å². The molecule has 0 radical (unpaired) electrons. The van der Waals surface area contributed by atoms with Crippen LogP contribution in [0.4, 0.5) is 17.1 Å². The number of rotatable bonds is 7. The maximum absolute atomic E-state index is 5.33. The first kappa shape index (κ1) is 31.2. The molecule has 9 aromatic rings. The SMILES string of the molecule is Cc1ccc2c(c1)c1cc(C)ccc1n2-c1ccccc1-c1nc(-c2ccccc2)nc(-c2ccccc2N(c2ccccc2)c2ccccc2)n1. The van der Waals surface area contributed by atoms with Gasteiger partial charge in [0.2, 0.25) is 0 Å². The molecular formula is C47H35N5. The standard InChI is InChI=1S/C47H35N5/c1-32-26-28-43-39(30-32)40-31-33(2)27-29-44(40)52(43)42-25-15-13-23-38(42)47-49-45(34-16-6-3-7-17-34)48-46(50-47)37-22-12-14-24-41(37)51(35-18-8-4-9-19-35)36-20-10-5-11-21-36/h3-31H,1-2H3. The van der Waals surface area contributed by atoms with E-state index in [-0.39, 0.29) is 0 Å². The quantitative estimate of drug-likeness (QED) is 0.169. The summed E-state index contributed by atoms with van der Waals surface area (Å²) in [4.78, 5) is 18.0. The molecule has 0 aliphatic carbocycles. The molecule has 5 nitrogen and oxygen atoms in total. The number of aromatic nitrogens is 4. The van der Waals surface area contributed by atoms with Gasteiger partial charge in [-0.2, -0.15) is 0 Å². The second-order valence-corrected chi connectivity index (χ2v) is 13.1. The molecule has 0 saturated heterocycles. The molecule has 7 aromatic carbocycles. The van der Waals surface area contributed by atoms with Crippen molar-refractivity contribution in [3.05, 3.63) is 187 Å². The molecule has 0 unspecified atom stereocenters. The van der Waals surface area contributed by atoms with Crippen LogP contribution in [0.1, 0.15) is 11.1 Å². The number of fused-ring (bicyclic) bond motifs is 3. The Morgan fingerprint density at radius 1 is 0.423 bits per heavy atom. The van der Waals surface area contributed by atoms with Gasteiger partial charge in [0, 0.05) is 38.8 Å². The Balaban J connectivity index is 1.30. The average molecular weight is 670 g/mol. The number of para-hydroxylation sites is 4. The van der Waals surface area contributed by atoms with Gasteiger partial charge in [0.15, 0.2) is 17.5 Å². The number of anilines is 3. The van der Waals surface area contributed by atoms with Gasteiger partial charge >= 0.3 is 0 Å². The normalized spacial score (nSPS) is 11.3. The molecule has 0 aliphatic rings. The average Bonchev–Trinajstić information content (AvgIpc) is 3.51. The Bertz CT molecular complexity index is 2600. The molecule has 9 rings (SSSR count). The van der Waals surface area contributed by atoms with Gasteiger partial charge in [0.25, 0.3) is 0 Å². The molecule has 248 valence electrons. The smallest absolute Gasteiger partial charge is 0.166 e. The van der Waals surface area contributed by atoms with Crippen molar-refractivity contribution < 1.29 is 0 Å². The molecule has 0 N–H and O–H groups in total. The zero-order valence-electron chi connectivity index (χ0n) is 29.0. The number of nitrogens with zero attached hydrogens (tertiary/aromatic N) is 5. The van der Waals surface area contributed by atoms with Gasteiger partial charge in [0.05, 0.1) is 22.4 Å². The molecule has 2 heterocycles. The highest BCUT2D eigenvalue weighted by molar-refractivity contribution is 6.10. The molecule has 5 heteroatoms. The molecule has 0 fully saturated rings. The van der Waals surface area contributed by atoms with E-state index in [1.54, 1.807) is 0 Å². The first-order valence-electron chi connectivity index (χ1n) is 17.5. The van der Waals surface area contributed by atoms with Gasteiger partial charge in [-0.25, -0.2) is 15.0 Å². The van der Waals surface area contributed by atoms with E-state index in [0.29, 0.717) is 17.5 Å². The van der Waals surface area contributed by atoms with Gasteiger partial charge < -0.3 is 9.47 Å². The van der Waals surface area contributed by atoms with Gasteiger partial charge in [-0.1, -0.05) is 114 Å². The van der Waals surface area contributed by atoms with Crippen LogP contribution in [-0.4, -0.2) is 19.5 Å². The number of aryl methyl sites for hydroxylation is 2. The van der Waals surface area contributed by atoms with Crippen molar-refractivity contribution in [1.29, 1.82) is 0 Å². The van der Waals surface area contributed by atoms with Crippen molar-refractivity contribution in [1.82, 2.24) is 19.5 Å². The fourth-order valence-corrected chi connectivity index (χ4v) is 7.14. The van der Waals surface area contributed by atoms with E-state index in [4.69, 9.17) is 15.0 Å². The van der Waals surface area contributed by atoms with Crippen LogP contribution in [0.25, 0.3) is 61.7 Å². The Morgan fingerprint density at radius 3 is 1.48 bits per heavy atom. The molecule has 2 aromatic heterocycles. The summed E-state index contributed by atoms with van der Waals surface area (Å²) in [5, 5.41) is 2.45.